The molecule has 10 heteroatoms. The highest BCUT2D eigenvalue weighted by Crippen LogP contribution is 2.27. The number of hydroxylamine groups is 1. The van der Waals surface area contributed by atoms with Gasteiger partial charge in [0, 0.05) is 0 Å². The van der Waals surface area contributed by atoms with E-state index in [9.17, 15) is 26.4 Å². The van der Waals surface area contributed by atoms with Gasteiger partial charge >= 0.3 is 15.6 Å². The monoisotopic (exact) mass is 355 g/mol. The molecule has 1 atom stereocenters. The molecule has 0 bridgehead atoms. The molecule has 0 aliphatic carbocycles. The molecule has 0 saturated heterocycles. The molecule has 0 heterocycles. The predicted octanol–water partition coefficient (Wildman–Crippen LogP) is 2.47. The van der Waals surface area contributed by atoms with Crippen LogP contribution in [0.4, 0.5) is 13.2 Å². The van der Waals surface area contributed by atoms with Crippen molar-refractivity contribution in [2.45, 2.75) is 38.3 Å². The number of hydrogen-bond acceptors (Lipinski definition) is 5. The first-order chi connectivity index (χ1) is 10.4. The van der Waals surface area contributed by atoms with Gasteiger partial charge in [0.15, 0.2) is 0 Å². The van der Waals surface area contributed by atoms with Gasteiger partial charge in [-0.3, -0.25) is 9.63 Å². The average molecular weight is 355 g/mol. The Morgan fingerprint density at radius 1 is 1.13 bits per heavy atom. The van der Waals surface area contributed by atoms with Gasteiger partial charge < -0.3 is 4.18 Å². The van der Waals surface area contributed by atoms with E-state index < -0.39 is 33.2 Å². The van der Waals surface area contributed by atoms with Crippen molar-refractivity contribution in [3.8, 4) is 5.75 Å². The first-order valence-electron chi connectivity index (χ1n) is 6.50. The highest BCUT2D eigenvalue weighted by Gasteiger charge is 2.48. The van der Waals surface area contributed by atoms with Crippen molar-refractivity contribution >= 4 is 16.0 Å². The molecule has 1 N–H and O–H groups in total. The normalized spacial score (nSPS) is 13.7. The van der Waals surface area contributed by atoms with Gasteiger partial charge in [-0.25, -0.2) is 5.48 Å². The predicted molar refractivity (Wildman–Crippen MR) is 74.8 cm³/mol. The number of carbonyl (C=O) groups is 1. The summed E-state index contributed by atoms with van der Waals surface area (Å²) in [5, 5.41) is 0. The van der Waals surface area contributed by atoms with Crippen molar-refractivity contribution in [1.29, 1.82) is 0 Å². The Bertz CT molecular complexity index is 641. The summed E-state index contributed by atoms with van der Waals surface area (Å²) in [6, 6.07) is 4.65. The van der Waals surface area contributed by atoms with E-state index >= 15 is 0 Å². The summed E-state index contributed by atoms with van der Waals surface area (Å²) in [6.45, 7) is 5.00. The number of benzene rings is 1. The maximum atomic E-state index is 12.2. The molecule has 1 aromatic rings. The van der Waals surface area contributed by atoms with E-state index in [1.165, 1.54) is 12.1 Å². The lowest BCUT2D eigenvalue weighted by atomic mass is 10.0. The van der Waals surface area contributed by atoms with E-state index in [2.05, 4.69) is 9.66 Å². The van der Waals surface area contributed by atoms with Gasteiger partial charge in [0.2, 0.25) is 0 Å². The lowest BCUT2D eigenvalue weighted by Crippen LogP contribution is -2.30. The number of carbonyl (C=O) groups excluding carboxylic acids is 1. The van der Waals surface area contributed by atoms with Crippen molar-refractivity contribution in [2.75, 3.05) is 0 Å². The highest BCUT2D eigenvalue weighted by molar-refractivity contribution is 7.87. The second kappa shape index (κ2) is 7.18. The van der Waals surface area contributed by atoms with Crippen LogP contribution in [0.25, 0.3) is 0 Å². The topological polar surface area (TPSA) is 81.7 Å². The van der Waals surface area contributed by atoms with Gasteiger partial charge in [0.25, 0.3) is 5.91 Å². The van der Waals surface area contributed by atoms with Crippen molar-refractivity contribution in [3.63, 3.8) is 0 Å². The molecule has 6 nitrogen and oxygen atoms in total. The van der Waals surface area contributed by atoms with Crippen molar-refractivity contribution in [3.05, 3.63) is 29.8 Å². The Morgan fingerprint density at radius 2 is 1.65 bits per heavy atom. The van der Waals surface area contributed by atoms with Crippen molar-refractivity contribution in [1.82, 2.24) is 5.48 Å². The number of hydrogen-bond donors (Lipinski definition) is 1. The maximum Gasteiger partial charge on any atom is 0.534 e. The Labute approximate surface area is 131 Å². The largest absolute Gasteiger partial charge is 0.534 e. The first-order valence-corrected chi connectivity index (χ1v) is 7.91. The van der Waals surface area contributed by atoms with Crippen molar-refractivity contribution in [2.24, 2.45) is 0 Å². The van der Waals surface area contributed by atoms with Crippen LogP contribution in [0.2, 0.25) is 0 Å². The van der Waals surface area contributed by atoms with E-state index in [-0.39, 0.29) is 6.10 Å². The Morgan fingerprint density at radius 3 is 2.09 bits per heavy atom. The maximum absolute atomic E-state index is 12.2. The minimum Gasteiger partial charge on any atom is -0.376 e. The van der Waals surface area contributed by atoms with Crippen LogP contribution in [0.3, 0.4) is 0 Å². The minimum absolute atomic E-state index is 0.213. The van der Waals surface area contributed by atoms with Gasteiger partial charge in [-0.05, 0) is 38.5 Å². The van der Waals surface area contributed by atoms with Crippen LogP contribution in [-0.2, 0) is 19.8 Å². The van der Waals surface area contributed by atoms with Crippen LogP contribution in [0.15, 0.2) is 24.3 Å². The van der Waals surface area contributed by atoms with Gasteiger partial charge in [-0.15, -0.1) is 0 Å². The second-order valence-electron chi connectivity index (χ2n) is 4.91. The fourth-order valence-electron chi connectivity index (χ4n) is 1.40. The number of halogens is 3. The van der Waals surface area contributed by atoms with Crippen LogP contribution in [0.1, 0.15) is 32.3 Å². The summed E-state index contributed by atoms with van der Waals surface area (Å²) in [5.41, 5.74) is -2.82. The van der Waals surface area contributed by atoms with Crippen LogP contribution in [0, 0.1) is 0 Å². The van der Waals surface area contributed by atoms with Crippen LogP contribution in [0.5, 0.6) is 5.75 Å². The standard InChI is InChI=1S/C13H16F3NO5S/c1-8(2)21-17-12(18)9(3)10-4-6-11(7-5-10)22-23(19,20)13(14,15)16/h4-9H,1-3H3,(H,17,18). The van der Waals surface area contributed by atoms with Gasteiger partial charge in [0.1, 0.15) is 5.75 Å². The molecule has 0 aliphatic rings. The lowest BCUT2D eigenvalue weighted by molar-refractivity contribution is -0.138. The van der Waals surface area contributed by atoms with E-state index in [1.54, 1.807) is 20.8 Å². The highest BCUT2D eigenvalue weighted by atomic mass is 32.2. The van der Waals surface area contributed by atoms with Crippen LogP contribution >= 0.6 is 0 Å². The summed E-state index contributed by atoms with van der Waals surface area (Å²) >= 11 is 0. The van der Waals surface area contributed by atoms with E-state index in [0.29, 0.717) is 5.56 Å². The molecule has 23 heavy (non-hydrogen) atoms. The van der Waals surface area contributed by atoms with E-state index in [4.69, 9.17) is 4.84 Å². The third-order valence-corrected chi connectivity index (χ3v) is 3.64. The molecule has 0 radical (unpaired) electrons. The number of nitrogens with one attached hydrogen (secondary N) is 1. The Hall–Kier alpha value is -1.81. The van der Waals surface area contributed by atoms with Gasteiger partial charge in [-0.1, -0.05) is 12.1 Å². The molecule has 1 unspecified atom stereocenters. The summed E-state index contributed by atoms with van der Waals surface area (Å²) in [4.78, 5) is 16.7. The summed E-state index contributed by atoms with van der Waals surface area (Å²) in [6.07, 6.45) is -0.213. The zero-order chi connectivity index (χ0) is 17.8. The average Bonchev–Trinajstić information content (AvgIpc) is 2.43. The molecule has 0 saturated carbocycles. The van der Waals surface area contributed by atoms with E-state index in [1.807, 2.05) is 0 Å². The molecule has 0 aliphatic heterocycles. The molecule has 0 fully saturated rings. The first kappa shape index (κ1) is 19.2. The van der Waals surface area contributed by atoms with Crippen LogP contribution in [-0.4, -0.2) is 25.9 Å². The minimum atomic E-state index is -5.72. The second-order valence-corrected chi connectivity index (χ2v) is 6.44. The van der Waals surface area contributed by atoms with Crippen molar-refractivity contribution < 1.29 is 35.4 Å². The smallest absolute Gasteiger partial charge is 0.376 e. The van der Waals surface area contributed by atoms with Gasteiger partial charge in [0.05, 0.1) is 12.0 Å². The SMILES string of the molecule is CC(C)ONC(=O)C(C)c1ccc(OS(=O)(=O)C(F)(F)F)cc1. The Balaban J connectivity index is 2.79. The lowest BCUT2D eigenvalue weighted by Gasteiger charge is -2.14. The molecule has 1 rings (SSSR count). The molecular formula is C13H16F3NO5S. The quantitative estimate of drug-likeness (QED) is 0.482. The third kappa shape index (κ3) is 5.39. The molecular weight excluding hydrogens is 339 g/mol. The van der Waals surface area contributed by atoms with Gasteiger partial charge in [-0.2, -0.15) is 21.6 Å². The van der Waals surface area contributed by atoms with Crippen LogP contribution < -0.4 is 9.66 Å². The molecule has 0 spiro atoms. The summed E-state index contributed by atoms with van der Waals surface area (Å²) in [5.74, 6) is -1.60. The fraction of sp³-hybridized carbons (Fsp3) is 0.462. The number of alkyl halides is 3. The van der Waals surface area contributed by atoms with E-state index in [0.717, 1.165) is 12.1 Å². The Kier molecular flexibility index (Phi) is 6.00. The molecule has 1 aromatic carbocycles. The molecule has 0 aromatic heterocycles. The molecule has 1 amide bonds. The summed E-state index contributed by atoms with van der Waals surface area (Å²) < 4.78 is 62.3. The number of amides is 1. The molecule has 130 valence electrons. The fourth-order valence-corrected chi connectivity index (χ4v) is 1.86. The third-order valence-electron chi connectivity index (χ3n) is 2.66. The zero-order valence-corrected chi connectivity index (χ0v) is 13.4. The number of rotatable bonds is 6. The zero-order valence-electron chi connectivity index (χ0n) is 12.5. The summed E-state index contributed by atoms with van der Waals surface area (Å²) in [7, 11) is -5.72.